The number of alkyl halides is 6. The molecule has 320 valence electrons. The van der Waals surface area contributed by atoms with Crippen molar-refractivity contribution in [3.05, 3.63) is 157 Å². The number of allylic oxidation sites excluding steroid dienone is 2. The van der Waals surface area contributed by atoms with Crippen molar-refractivity contribution in [2.75, 3.05) is 0 Å². The van der Waals surface area contributed by atoms with Crippen LogP contribution < -0.4 is 4.74 Å². The summed E-state index contributed by atoms with van der Waals surface area (Å²) in [5, 5.41) is -0.217. The topological polar surface area (TPSA) is 156 Å². The fourth-order valence-corrected chi connectivity index (χ4v) is 9.26. The molecule has 11 nitrogen and oxygen atoms in total. The second kappa shape index (κ2) is 15.5. The molecule has 4 aromatic carbocycles. The number of nitrogens with zero attached hydrogens (tertiary/aromatic N) is 2. The molecule has 1 aliphatic heterocycles. The fraction of sp³-hybridized carbons (Fsp3) is 0.111. The molecule has 9 rings (SSSR count). The van der Waals surface area contributed by atoms with Gasteiger partial charge < -0.3 is 14.2 Å². The van der Waals surface area contributed by atoms with Gasteiger partial charge in [-0.3, -0.25) is 19.2 Å². The Hall–Kier alpha value is -7.38. The van der Waals surface area contributed by atoms with Gasteiger partial charge in [0, 0.05) is 22.3 Å². The SMILES string of the molecule is O=C1C(=O)c2cc(C(F)(F)F)ccc2/C1=C/c1nc2c(s1)-c1sc(/C=C3\C(=O)C(=O)c4cc(C(F)(F)F)ccc43)nc1C(C(=O)OCc1ccccc1)(C(=O)OCc1ccccc1)O2. The van der Waals surface area contributed by atoms with Crippen molar-refractivity contribution in [1.82, 2.24) is 9.97 Å². The molecule has 0 fully saturated rings. The number of hydrogen-bond acceptors (Lipinski definition) is 13. The van der Waals surface area contributed by atoms with Crippen LogP contribution in [0.15, 0.2) is 97.1 Å². The van der Waals surface area contributed by atoms with Crippen molar-refractivity contribution in [3.8, 4) is 15.6 Å². The number of aromatic nitrogens is 2. The Balaban J connectivity index is 1.20. The van der Waals surface area contributed by atoms with Crippen molar-refractivity contribution in [1.29, 1.82) is 0 Å². The smallest absolute Gasteiger partial charge is 0.416 e. The number of benzene rings is 4. The summed E-state index contributed by atoms with van der Waals surface area (Å²) in [7, 11) is 0. The molecule has 0 bridgehead atoms. The normalized spacial score (nSPS) is 16.3. The average molecular weight is 913 g/mol. The van der Waals surface area contributed by atoms with E-state index in [2.05, 4.69) is 9.97 Å². The van der Waals surface area contributed by atoms with Crippen LogP contribution in [0.5, 0.6) is 5.88 Å². The number of hydrogen-bond donors (Lipinski definition) is 0. The van der Waals surface area contributed by atoms with E-state index in [0.717, 1.165) is 47.0 Å². The zero-order valence-corrected chi connectivity index (χ0v) is 33.6. The number of ketones is 4. The van der Waals surface area contributed by atoms with Crippen LogP contribution in [0.2, 0.25) is 0 Å². The first kappa shape index (κ1) is 41.9. The third-order valence-corrected chi connectivity index (χ3v) is 12.4. The van der Waals surface area contributed by atoms with Crippen LogP contribution in [-0.2, 0) is 59.8 Å². The van der Waals surface area contributed by atoms with Gasteiger partial charge in [-0.05, 0) is 58.7 Å². The highest BCUT2D eigenvalue weighted by Gasteiger charge is 2.61. The minimum Gasteiger partial charge on any atom is -0.457 e. The Morgan fingerprint density at radius 3 is 1.47 bits per heavy atom. The highest BCUT2D eigenvalue weighted by atomic mass is 32.1. The van der Waals surface area contributed by atoms with E-state index >= 15 is 0 Å². The van der Waals surface area contributed by atoms with Crippen LogP contribution in [0.25, 0.3) is 33.1 Å². The van der Waals surface area contributed by atoms with E-state index in [-0.39, 0.29) is 55.3 Å². The molecule has 2 aromatic heterocycles. The third-order valence-electron chi connectivity index (χ3n) is 10.2. The molecule has 3 heterocycles. The predicted octanol–water partition coefficient (Wildman–Crippen LogP) is 8.99. The summed E-state index contributed by atoms with van der Waals surface area (Å²) in [5.41, 5.74) is -6.49. The highest BCUT2D eigenvalue weighted by Crippen LogP contribution is 2.53. The lowest BCUT2D eigenvalue weighted by Crippen LogP contribution is -2.52. The van der Waals surface area contributed by atoms with Crippen LogP contribution in [0.4, 0.5) is 26.3 Å². The molecule has 3 aliphatic rings. The van der Waals surface area contributed by atoms with Crippen molar-refractivity contribution in [3.63, 3.8) is 0 Å². The molecule has 0 atom stereocenters. The molecule has 0 radical (unpaired) electrons. The molecule has 6 aromatic rings. The number of esters is 2. The molecular weight excluding hydrogens is 891 g/mol. The summed E-state index contributed by atoms with van der Waals surface area (Å²) >= 11 is 1.57. The lowest BCUT2D eigenvalue weighted by molar-refractivity contribution is -0.184. The minimum atomic E-state index is -4.82. The number of Topliss-reactive ketones (excluding diaryl/α,β-unsaturated/α-hetero) is 4. The van der Waals surface area contributed by atoms with Crippen molar-refractivity contribution in [2.24, 2.45) is 0 Å². The van der Waals surface area contributed by atoms with Crippen molar-refractivity contribution >= 4 is 81.0 Å². The lowest BCUT2D eigenvalue weighted by atomic mass is 9.95. The van der Waals surface area contributed by atoms with E-state index in [1.54, 1.807) is 60.7 Å². The molecule has 0 N–H and O–H groups in total. The molecule has 19 heteroatoms. The average Bonchev–Trinajstić information content (AvgIpc) is 4.01. The van der Waals surface area contributed by atoms with Gasteiger partial charge in [-0.1, -0.05) is 72.8 Å². The van der Waals surface area contributed by atoms with Crippen molar-refractivity contribution in [2.45, 2.75) is 31.2 Å². The Morgan fingerprint density at radius 1 is 0.578 bits per heavy atom. The molecule has 0 saturated carbocycles. The summed E-state index contributed by atoms with van der Waals surface area (Å²) < 4.78 is 98.9. The van der Waals surface area contributed by atoms with Gasteiger partial charge in [-0.25, -0.2) is 19.6 Å². The van der Waals surface area contributed by atoms with E-state index in [0.29, 0.717) is 35.4 Å². The molecule has 0 unspecified atom stereocenters. The Morgan fingerprint density at radius 2 is 1.02 bits per heavy atom. The first-order valence-corrected chi connectivity index (χ1v) is 20.3. The molecule has 0 saturated heterocycles. The monoisotopic (exact) mass is 912 g/mol. The Labute approximate surface area is 363 Å². The van der Waals surface area contributed by atoms with Gasteiger partial charge in [0.2, 0.25) is 29.0 Å². The standard InChI is InChI=1S/C45H22F6N2O9S2/c46-44(47,48)23-11-13-25-27(15-23)33(54)35(56)29(25)17-31-52-39-37(63-31)38-40(53-32(64-38)18-30-26-14-12-24(45(49,50)51)16-28(26)34(55)36(30)57)62-43(39,41(58)60-19-21-7-3-1-4-8-21)42(59)61-20-22-9-5-2-6-10-22/h1-18H,19-20H2/b29-17-,30-18-. The van der Waals surface area contributed by atoms with E-state index in [1.165, 1.54) is 0 Å². The third kappa shape index (κ3) is 7.21. The van der Waals surface area contributed by atoms with E-state index in [1.807, 2.05) is 0 Å². The predicted molar refractivity (Wildman–Crippen MR) is 215 cm³/mol. The van der Waals surface area contributed by atoms with Gasteiger partial charge in [-0.15, -0.1) is 22.7 Å². The van der Waals surface area contributed by atoms with Gasteiger partial charge in [0.1, 0.15) is 33.8 Å². The van der Waals surface area contributed by atoms with Crippen LogP contribution in [0.1, 0.15) is 69.8 Å². The molecule has 64 heavy (non-hydrogen) atoms. The van der Waals surface area contributed by atoms with Crippen LogP contribution >= 0.6 is 22.7 Å². The van der Waals surface area contributed by atoms with E-state index in [9.17, 15) is 55.1 Å². The van der Waals surface area contributed by atoms with Gasteiger partial charge in [0.25, 0.3) is 0 Å². The van der Waals surface area contributed by atoms with Gasteiger partial charge >= 0.3 is 29.9 Å². The zero-order valence-electron chi connectivity index (χ0n) is 32.0. The summed E-state index contributed by atoms with van der Waals surface area (Å²) in [6.45, 7) is -0.763. The second-order valence-electron chi connectivity index (χ2n) is 14.3. The maximum absolute atomic E-state index is 14.6. The summed E-state index contributed by atoms with van der Waals surface area (Å²) in [5.74, 6) is -7.74. The number of fused-ring (bicyclic) bond motifs is 5. The molecule has 0 amide bonds. The largest absolute Gasteiger partial charge is 0.457 e. The molecule has 0 spiro atoms. The zero-order chi connectivity index (χ0) is 45.3. The van der Waals surface area contributed by atoms with Gasteiger partial charge in [-0.2, -0.15) is 26.3 Å². The quantitative estimate of drug-likeness (QED) is 0.0472. The lowest BCUT2D eigenvalue weighted by Gasteiger charge is -2.31. The number of ether oxygens (including phenoxy) is 3. The van der Waals surface area contributed by atoms with Crippen LogP contribution in [0.3, 0.4) is 0 Å². The van der Waals surface area contributed by atoms with E-state index in [4.69, 9.17) is 14.2 Å². The highest BCUT2D eigenvalue weighted by molar-refractivity contribution is 7.23. The van der Waals surface area contributed by atoms with Crippen molar-refractivity contribution < 1.29 is 69.3 Å². The van der Waals surface area contributed by atoms with Crippen LogP contribution in [-0.4, -0.2) is 45.0 Å². The first-order chi connectivity index (χ1) is 30.4. The number of rotatable bonds is 8. The molecular formula is C45H22F6N2O9S2. The summed E-state index contributed by atoms with van der Waals surface area (Å²) in [6, 6.07) is 21.2. The first-order valence-electron chi connectivity index (χ1n) is 18.6. The number of carbonyl (C=O) groups is 6. The maximum atomic E-state index is 14.6. The summed E-state index contributed by atoms with van der Waals surface area (Å²) in [6.07, 6.45) is -7.40. The molecule has 2 aliphatic carbocycles. The maximum Gasteiger partial charge on any atom is 0.416 e. The minimum absolute atomic E-state index is 0.0111. The van der Waals surface area contributed by atoms with Crippen LogP contribution in [0, 0.1) is 0 Å². The van der Waals surface area contributed by atoms with Gasteiger partial charge in [0.05, 0.1) is 16.0 Å². The Bertz CT molecular complexity index is 3020. The summed E-state index contributed by atoms with van der Waals surface area (Å²) in [4.78, 5) is 90.6. The van der Waals surface area contributed by atoms with Gasteiger partial charge in [0.15, 0.2) is 0 Å². The fourth-order valence-electron chi connectivity index (χ4n) is 7.14. The number of thiazole rings is 2. The number of halogens is 6. The Kier molecular flexibility index (Phi) is 10.1. The van der Waals surface area contributed by atoms with E-state index < -0.39 is 86.9 Å². The second-order valence-corrected chi connectivity index (χ2v) is 16.3. The number of carbonyl (C=O) groups excluding carboxylic acids is 6.